The molecule has 0 unspecified atom stereocenters. The molecule has 3 rings (SSSR count). The van der Waals surface area contributed by atoms with Crippen molar-refractivity contribution in [1.29, 1.82) is 0 Å². The highest BCUT2D eigenvalue weighted by atomic mass is 35.5. The summed E-state index contributed by atoms with van der Waals surface area (Å²) in [5.74, 6) is 0. The predicted octanol–water partition coefficient (Wildman–Crippen LogP) is 1.41. The van der Waals surface area contributed by atoms with E-state index in [1.807, 2.05) is 0 Å². The zero-order valence-electron chi connectivity index (χ0n) is 11.4. The SMILES string of the molecule is O=c1[nH]c2c(S(=O)(=O)c3cccc(Cl)c3)cccc2c(=O)n1O. The number of aromatic amines is 1. The molecule has 0 amide bonds. The maximum absolute atomic E-state index is 12.8. The van der Waals surface area contributed by atoms with Gasteiger partial charge in [-0.05, 0) is 30.3 Å². The van der Waals surface area contributed by atoms with E-state index in [1.165, 1.54) is 42.5 Å². The Hall–Kier alpha value is -2.58. The van der Waals surface area contributed by atoms with Crippen LogP contribution in [0.25, 0.3) is 10.9 Å². The summed E-state index contributed by atoms with van der Waals surface area (Å²) in [6.07, 6.45) is 0. The molecule has 0 atom stereocenters. The number of halogens is 1. The van der Waals surface area contributed by atoms with E-state index in [9.17, 15) is 23.2 Å². The summed E-state index contributed by atoms with van der Waals surface area (Å²) in [5.41, 5.74) is -2.31. The fraction of sp³-hybridized carbons (Fsp3) is 0. The Bertz CT molecular complexity index is 1150. The number of hydrogen-bond donors (Lipinski definition) is 2. The summed E-state index contributed by atoms with van der Waals surface area (Å²) in [6, 6.07) is 9.53. The Morgan fingerprint density at radius 1 is 1.09 bits per heavy atom. The second kappa shape index (κ2) is 5.25. The van der Waals surface area contributed by atoms with Gasteiger partial charge in [-0.1, -0.05) is 28.5 Å². The van der Waals surface area contributed by atoms with Crippen LogP contribution in [0.3, 0.4) is 0 Å². The van der Waals surface area contributed by atoms with E-state index in [-0.39, 0.29) is 30.4 Å². The van der Waals surface area contributed by atoms with Crippen molar-refractivity contribution in [1.82, 2.24) is 9.71 Å². The Labute approximate surface area is 134 Å². The monoisotopic (exact) mass is 352 g/mol. The van der Waals surface area contributed by atoms with Gasteiger partial charge in [-0.15, -0.1) is 0 Å². The number of H-pyrrole nitrogens is 1. The lowest BCUT2D eigenvalue weighted by atomic mass is 10.2. The number of fused-ring (bicyclic) bond motifs is 1. The fourth-order valence-electron chi connectivity index (χ4n) is 2.19. The first-order chi connectivity index (χ1) is 10.8. The molecule has 23 heavy (non-hydrogen) atoms. The molecule has 118 valence electrons. The first kappa shape index (κ1) is 15.3. The molecule has 0 spiro atoms. The van der Waals surface area contributed by atoms with Crippen molar-refractivity contribution in [3.63, 3.8) is 0 Å². The fourth-order valence-corrected chi connectivity index (χ4v) is 3.93. The molecule has 0 saturated heterocycles. The third-order valence-electron chi connectivity index (χ3n) is 3.27. The van der Waals surface area contributed by atoms with E-state index in [0.29, 0.717) is 0 Å². The van der Waals surface area contributed by atoms with Crippen LogP contribution in [0.4, 0.5) is 0 Å². The highest BCUT2D eigenvalue weighted by molar-refractivity contribution is 7.91. The van der Waals surface area contributed by atoms with Crippen LogP contribution in [0.5, 0.6) is 0 Å². The van der Waals surface area contributed by atoms with Gasteiger partial charge in [0.25, 0.3) is 5.56 Å². The molecule has 2 aromatic carbocycles. The maximum Gasteiger partial charge on any atom is 0.362 e. The number of para-hydroxylation sites is 1. The smallest absolute Gasteiger partial charge is 0.362 e. The van der Waals surface area contributed by atoms with E-state index in [4.69, 9.17) is 11.6 Å². The standard InChI is InChI=1S/C14H9ClN2O5S/c15-8-3-1-4-9(7-8)23(21,22)11-6-2-5-10-12(11)16-14(19)17(20)13(10)18/h1-7,20H,(H,16,19). The molecule has 9 heteroatoms. The molecule has 0 aliphatic carbocycles. The van der Waals surface area contributed by atoms with E-state index in [1.54, 1.807) is 0 Å². The van der Waals surface area contributed by atoms with Crippen molar-refractivity contribution in [2.24, 2.45) is 0 Å². The third kappa shape index (κ3) is 2.41. The van der Waals surface area contributed by atoms with Gasteiger partial charge in [0.05, 0.1) is 20.7 Å². The van der Waals surface area contributed by atoms with Crippen LogP contribution in [0.1, 0.15) is 0 Å². The van der Waals surface area contributed by atoms with Crippen molar-refractivity contribution < 1.29 is 13.6 Å². The van der Waals surface area contributed by atoms with Gasteiger partial charge in [-0.2, -0.15) is 0 Å². The van der Waals surface area contributed by atoms with Crippen LogP contribution < -0.4 is 11.2 Å². The van der Waals surface area contributed by atoms with Crippen LogP contribution in [0.2, 0.25) is 5.02 Å². The number of benzene rings is 2. The normalized spacial score (nSPS) is 11.7. The number of hydrogen-bond acceptors (Lipinski definition) is 5. The first-order valence-corrected chi connectivity index (χ1v) is 8.16. The Morgan fingerprint density at radius 3 is 2.48 bits per heavy atom. The van der Waals surface area contributed by atoms with E-state index < -0.39 is 21.1 Å². The molecule has 0 aliphatic rings. The van der Waals surface area contributed by atoms with Gasteiger partial charge >= 0.3 is 5.69 Å². The highest BCUT2D eigenvalue weighted by Gasteiger charge is 2.22. The zero-order valence-corrected chi connectivity index (χ0v) is 12.9. The topological polar surface area (TPSA) is 109 Å². The molecule has 0 bridgehead atoms. The van der Waals surface area contributed by atoms with Crippen molar-refractivity contribution >= 4 is 32.3 Å². The molecular weight excluding hydrogens is 344 g/mol. The van der Waals surface area contributed by atoms with E-state index >= 15 is 0 Å². The molecule has 7 nitrogen and oxygen atoms in total. The molecule has 1 heterocycles. The number of nitrogens with one attached hydrogen (secondary N) is 1. The first-order valence-electron chi connectivity index (χ1n) is 6.30. The highest BCUT2D eigenvalue weighted by Crippen LogP contribution is 2.26. The zero-order chi connectivity index (χ0) is 16.8. The average Bonchev–Trinajstić information content (AvgIpc) is 2.52. The van der Waals surface area contributed by atoms with Crippen LogP contribution in [0.15, 0.2) is 61.8 Å². The molecule has 0 radical (unpaired) electrons. The summed E-state index contributed by atoms with van der Waals surface area (Å²) in [5, 5.41) is 9.45. The number of sulfone groups is 1. The summed E-state index contributed by atoms with van der Waals surface area (Å²) in [7, 11) is -4.02. The molecule has 3 aromatic rings. The van der Waals surface area contributed by atoms with Crippen LogP contribution in [-0.2, 0) is 9.84 Å². The predicted molar refractivity (Wildman–Crippen MR) is 82.9 cm³/mol. The summed E-state index contributed by atoms with van der Waals surface area (Å²) >= 11 is 5.82. The van der Waals surface area contributed by atoms with Gasteiger partial charge in [0.1, 0.15) is 0 Å². The van der Waals surface area contributed by atoms with E-state index in [2.05, 4.69) is 4.98 Å². The lowest BCUT2D eigenvalue weighted by Crippen LogP contribution is -2.33. The summed E-state index contributed by atoms with van der Waals surface area (Å²) < 4.78 is 25.4. The molecule has 1 aromatic heterocycles. The Balaban J connectivity index is 2.42. The lowest BCUT2D eigenvalue weighted by molar-refractivity contribution is 0.162. The maximum atomic E-state index is 12.8. The molecule has 0 saturated carbocycles. The van der Waals surface area contributed by atoms with E-state index in [0.717, 1.165) is 0 Å². The number of rotatable bonds is 2. The van der Waals surface area contributed by atoms with Crippen molar-refractivity contribution in [2.45, 2.75) is 9.79 Å². The van der Waals surface area contributed by atoms with Gasteiger partial charge in [0, 0.05) is 5.02 Å². The second-order valence-electron chi connectivity index (χ2n) is 4.69. The number of nitrogens with zero attached hydrogens (tertiary/aromatic N) is 1. The minimum absolute atomic E-state index is 0.0773. The number of aromatic nitrogens is 2. The van der Waals surface area contributed by atoms with Crippen molar-refractivity contribution in [3.05, 3.63) is 68.3 Å². The van der Waals surface area contributed by atoms with Gasteiger partial charge in [-0.25, -0.2) is 13.2 Å². The van der Waals surface area contributed by atoms with Crippen LogP contribution in [-0.4, -0.2) is 23.3 Å². The average molecular weight is 353 g/mol. The quantitative estimate of drug-likeness (QED) is 0.678. The minimum Gasteiger partial charge on any atom is -0.421 e. The van der Waals surface area contributed by atoms with Crippen LogP contribution >= 0.6 is 11.6 Å². The Morgan fingerprint density at radius 2 is 1.78 bits per heavy atom. The van der Waals surface area contributed by atoms with Gasteiger partial charge in [0.2, 0.25) is 9.84 Å². The molecular formula is C14H9ClN2O5S. The molecule has 0 fully saturated rings. The van der Waals surface area contributed by atoms with Gasteiger partial charge in [-0.3, -0.25) is 4.79 Å². The Kier molecular flexibility index (Phi) is 3.50. The molecule has 0 aliphatic heterocycles. The third-order valence-corrected chi connectivity index (χ3v) is 5.30. The van der Waals surface area contributed by atoms with Gasteiger partial charge < -0.3 is 10.2 Å². The van der Waals surface area contributed by atoms with Crippen molar-refractivity contribution in [3.8, 4) is 0 Å². The molecule has 2 N–H and O–H groups in total. The van der Waals surface area contributed by atoms with Gasteiger partial charge in [0.15, 0.2) is 0 Å². The second-order valence-corrected chi connectivity index (χ2v) is 7.04. The largest absolute Gasteiger partial charge is 0.421 e. The summed E-state index contributed by atoms with van der Waals surface area (Å²) in [4.78, 5) is 25.3. The minimum atomic E-state index is -4.02. The lowest BCUT2D eigenvalue weighted by Gasteiger charge is -2.08. The summed E-state index contributed by atoms with van der Waals surface area (Å²) in [6.45, 7) is 0. The van der Waals surface area contributed by atoms with Crippen LogP contribution in [0, 0.1) is 0 Å². The van der Waals surface area contributed by atoms with Crippen molar-refractivity contribution in [2.75, 3.05) is 0 Å².